The molecule has 0 N–H and O–H groups in total. The summed E-state index contributed by atoms with van der Waals surface area (Å²) in [6.07, 6.45) is 4.14. The fourth-order valence-electron chi connectivity index (χ4n) is 4.45. The molecule has 28 heavy (non-hydrogen) atoms. The molecule has 2 atom stereocenters. The number of hydrogen-bond acceptors (Lipinski definition) is 4. The Kier molecular flexibility index (Phi) is 6.01. The van der Waals surface area contributed by atoms with Crippen molar-refractivity contribution in [2.45, 2.75) is 90.5 Å². The molecule has 0 radical (unpaired) electrons. The molecule has 2 aliphatic heterocycles. The molecule has 1 amide bonds. The summed E-state index contributed by atoms with van der Waals surface area (Å²) >= 11 is 0. The number of hydrogen-bond donors (Lipinski definition) is 0. The lowest BCUT2D eigenvalue weighted by Crippen LogP contribution is -2.56. The van der Waals surface area contributed by atoms with Gasteiger partial charge in [0.05, 0.1) is 11.7 Å². The Morgan fingerprint density at radius 3 is 2.25 bits per heavy atom. The van der Waals surface area contributed by atoms with Gasteiger partial charge < -0.3 is 14.4 Å². The molecule has 0 spiro atoms. The van der Waals surface area contributed by atoms with Crippen molar-refractivity contribution in [3.63, 3.8) is 0 Å². The number of piperidine rings is 2. The van der Waals surface area contributed by atoms with E-state index in [9.17, 15) is 9.59 Å². The van der Waals surface area contributed by atoms with Gasteiger partial charge >= 0.3 is 6.09 Å². The molecular formula is C23H33NO4. The van der Waals surface area contributed by atoms with E-state index in [-0.39, 0.29) is 36.0 Å². The van der Waals surface area contributed by atoms with Gasteiger partial charge in [-0.25, -0.2) is 4.79 Å². The highest BCUT2D eigenvalue weighted by molar-refractivity contribution is 6.00. The summed E-state index contributed by atoms with van der Waals surface area (Å²) in [7, 11) is 0. The van der Waals surface area contributed by atoms with Crippen LogP contribution in [0.4, 0.5) is 4.79 Å². The number of Topliss-reactive ketones (excluding diaryl/α,β-unsaturated/α-hetero) is 1. The molecule has 2 unspecified atom stereocenters. The van der Waals surface area contributed by atoms with Crippen molar-refractivity contribution in [2.24, 2.45) is 5.92 Å². The van der Waals surface area contributed by atoms with Gasteiger partial charge in [0, 0.05) is 18.0 Å². The van der Waals surface area contributed by atoms with E-state index < -0.39 is 5.60 Å². The van der Waals surface area contributed by atoms with Crippen LogP contribution in [0.3, 0.4) is 0 Å². The molecule has 1 aromatic carbocycles. The minimum Gasteiger partial charge on any atom is -0.490 e. The van der Waals surface area contributed by atoms with Gasteiger partial charge in [0.1, 0.15) is 11.4 Å². The summed E-state index contributed by atoms with van der Waals surface area (Å²) in [5, 5.41) is 0. The second-order valence-electron chi connectivity index (χ2n) is 9.32. The molecule has 0 saturated carbocycles. The van der Waals surface area contributed by atoms with Crippen LogP contribution >= 0.6 is 0 Å². The topological polar surface area (TPSA) is 55.8 Å². The lowest BCUT2D eigenvalue weighted by molar-refractivity contribution is -0.0261. The Hall–Kier alpha value is -2.04. The number of rotatable bonds is 4. The molecule has 5 nitrogen and oxygen atoms in total. The Morgan fingerprint density at radius 2 is 1.68 bits per heavy atom. The molecule has 1 aromatic rings. The van der Waals surface area contributed by atoms with Crippen LogP contribution in [0, 0.1) is 5.92 Å². The van der Waals surface area contributed by atoms with Gasteiger partial charge in [-0.15, -0.1) is 0 Å². The Bertz CT molecular complexity index is 708. The quantitative estimate of drug-likeness (QED) is 0.664. The number of carbonyl (C=O) groups is 2. The molecule has 2 saturated heterocycles. The zero-order chi connectivity index (χ0) is 20.5. The maximum Gasteiger partial charge on any atom is 0.410 e. The van der Waals surface area contributed by atoms with Crippen molar-refractivity contribution in [2.75, 3.05) is 0 Å². The molecule has 2 fully saturated rings. The van der Waals surface area contributed by atoms with Crippen molar-refractivity contribution in [1.82, 2.24) is 4.90 Å². The predicted octanol–water partition coefficient (Wildman–Crippen LogP) is 5.22. The van der Waals surface area contributed by atoms with Crippen molar-refractivity contribution in [1.29, 1.82) is 0 Å². The first-order valence-electron chi connectivity index (χ1n) is 10.5. The zero-order valence-corrected chi connectivity index (χ0v) is 17.7. The van der Waals surface area contributed by atoms with Gasteiger partial charge in [0.15, 0.2) is 5.78 Å². The van der Waals surface area contributed by atoms with Gasteiger partial charge in [-0.1, -0.05) is 12.1 Å². The number of para-hydroxylation sites is 1. The van der Waals surface area contributed by atoms with E-state index in [2.05, 4.69) is 0 Å². The van der Waals surface area contributed by atoms with Crippen molar-refractivity contribution in [3.05, 3.63) is 29.8 Å². The van der Waals surface area contributed by atoms with E-state index in [0.29, 0.717) is 24.2 Å². The molecule has 2 heterocycles. The summed E-state index contributed by atoms with van der Waals surface area (Å²) in [5.41, 5.74) is 0.149. The summed E-state index contributed by atoms with van der Waals surface area (Å²) in [5.74, 6) is 0.713. The molecule has 5 heteroatoms. The zero-order valence-electron chi connectivity index (χ0n) is 17.7. The molecule has 2 bridgehead atoms. The average molecular weight is 388 g/mol. The number of carbonyl (C=O) groups excluding carboxylic acids is 2. The first kappa shape index (κ1) is 20.7. The maximum atomic E-state index is 13.3. The second-order valence-corrected chi connectivity index (χ2v) is 9.32. The van der Waals surface area contributed by atoms with E-state index >= 15 is 0 Å². The lowest BCUT2D eigenvalue weighted by Gasteiger charge is -2.48. The standard InChI is InChI=1S/C23H33NO4/c1-15(2)27-20-12-7-6-11-19(20)21(25)16-13-17-9-8-10-18(14-16)24(17)22(26)28-23(3,4)5/h6-7,11-12,15-18H,8-10,13-14H2,1-5H3. The average Bonchev–Trinajstić information content (AvgIpc) is 2.58. The van der Waals surface area contributed by atoms with Crippen LogP contribution in [-0.2, 0) is 4.74 Å². The van der Waals surface area contributed by atoms with Crippen molar-refractivity contribution < 1.29 is 19.1 Å². The molecule has 154 valence electrons. The first-order chi connectivity index (χ1) is 13.2. The van der Waals surface area contributed by atoms with Gasteiger partial charge in [0.25, 0.3) is 0 Å². The van der Waals surface area contributed by atoms with Gasteiger partial charge in [0.2, 0.25) is 0 Å². The molecule has 0 aliphatic carbocycles. The number of ketones is 1. The SMILES string of the molecule is CC(C)Oc1ccccc1C(=O)C1CC2CCCC(C1)N2C(=O)OC(C)(C)C. The van der Waals surface area contributed by atoms with E-state index in [4.69, 9.17) is 9.47 Å². The van der Waals surface area contributed by atoms with Gasteiger partial charge in [-0.3, -0.25) is 4.79 Å². The lowest BCUT2D eigenvalue weighted by atomic mass is 9.75. The fourth-order valence-corrected chi connectivity index (χ4v) is 4.45. The smallest absolute Gasteiger partial charge is 0.410 e. The van der Waals surface area contributed by atoms with Gasteiger partial charge in [-0.05, 0) is 78.9 Å². The minimum atomic E-state index is -0.509. The van der Waals surface area contributed by atoms with Gasteiger partial charge in [-0.2, -0.15) is 0 Å². The summed E-state index contributed by atoms with van der Waals surface area (Å²) in [6, 6.07) is 7.66. The van der Waals surface area contributed by atoms with Crippen LogP contribution in [0.5, 0.6) is 5.75 Å². The third-order valence-electron chi connectivity index (χ3n) is 5.46. The van der Waals surface area contributed by atoms with Crippen LogP contribution in [0.25, 0.3) is 0 Å². The Labute approximate surface area is 168 Å². The monoisotopic (exact) mass is 387 g/mol. The highest BCUT2D eigenvalue weighted by Gasteiger charge is 2.44. The number of fused-ring (bicyclic) bond motifs is 2. The van der Waals surface area contributed by atoms with Crippen LogP contribution in [0.1, 0.15) is 77.1 Å². The third kappa shape index (κ3) is 4.68. The summed E-state index contributed by atoms with van der Waals surface area (Å²) < 4.78 is 11.5. The van der Waals surface area contributed by atoms with E-state index in [1.54, 1.807) is 0 Å². The molecular weight excluding hydrogens is 354 g/mol. The number of amides is 1. The first-order valence-corrected chi connectivity index (χ1v) is 10.5. The fraction of sp³-hybridized carbons (Fsp3) is 0.652. The van der Waals surface area contributed by atoms with Crippen molar-refractivity contribution in [3.8, 4) is 5.75 Å². The minimum absolute atomic E-state index is 0.0161. The largest absolute Gasteiger partial charge is 0.490 e. The number of ether oxygens (including phenoxy) is 2. The Balaban J connectivity index is 1.77. The van der Waals surface area contributed by atoms with E-state index in [0.717, 1.165) is 19.3 Å². The second kappa shape index (κ2) is 8.14. The third-order valence-corrected chi connectivity index (χ3v) is 5.46. The number of nitrogens with zero attached hydrogens (tertiary/aromatic N) is 1. The highest BCUT2D eigenvalue weighted by Crippen LogP contribution is 2.40. The number of benzene rings is 1. The maximum absolute atomic E-state index is 13.3. The predicted molar refractivity (Wildman–Crippen MR) is 109 cm³/mol. The summed E-state index contributed by atoms with van der Waals surface area (Å²) in [6.45, 7) is 9.60. The summed E-state index contributed by atoms with van der Waals surface area (Å²) in [4.78, 5) is 28.0. The highest BCUT2D eigenvalue weighted by atomic mass is 16.6. The van der Waals surface area contributed by atoms with Crippen LogP contribution in [0.15, 0.2) is 24.3 Å². The Morgan fingerprint density at radius 1 is 1.07 bits per heavy atom. The molecule has 2 aliphatic rings. The van der Waals surface area contributed by atoms with Crippen molar-refractivity contribution >= 4 is 11.9 Å². The van der Waals surface area contributed by atoms with Crippen LogP contribution in [0.2, 0.25) is 0 Å². The molecule has 0 aromatic heterocycles. The van der Waals surface area contributed by atoms with Crippen LogP contribution < -0.4 is 4.74 Å². The molecule has 3 rings (SSSR count). The van der Waals surface area contributed by atoms with E-state index in [1.165, 1.54) is 0 Å². The van der Waals surface area contributed by atoms with E-state index in [1.807, 2.05) is 63.8 Å². The normalized spacial score (nSPS) is 24.8. The van der Waals surface area contributed by atoms with Crippen LogP contribution in [-0.4, -0.2) is 40.6 Å².